The first-order valence-corrected chi connectivity index (χ1v) is 5.82. The molecular weight excluding hydrogens is 204 g/mol. The van der Waals surface area contributed by atoms with E-state index in [9.17, 15) is 0 Å². The summed E-state index contributed by atoms with van der Waals surface area (Å²) in [5, 5.41) is 8.38. The first kappa shape index (κ1) is 11.3. The Morgan fingerprint density at radius 3 is 2.44 bits per heavy atom. The molecule has 0 radical (unpaired) electrons. The lowest BCUT2D eigenvalue weighted by Gasteiger charge is -2.32. The summed E-state index contributed by atoms with van der Waals surface area (Å²) in [5.74, 6) is 1.84. The maximum absolute atomic E-state index is 5.64. The number of likely N-dealkylation sites (N-methyl/N-ethyl adjacent to an activating group) is 1. The molecule has 90 valence electrons. The van der Waals surface area contributed by atoms with Gasteiger partial charge in [0, 0.05) is 32.7 Å². The van der Waals surface area contributed by atoms with Gasteiger partial charge in [-0.05, 0) is 14.0 Å². The molecule has 0 spiro atoms. The Hall–Kier alpha value is -1.14. The highest BCUT2D eigenvalue weighted by molar-refractivity contribution is 5.32. The second-order valence-electron chi connectivity index (χ2n) is 4.15. The molecule has 2 N–H and O–H groups in total. The Labute approximate surface area is 96.0 Å². The predicted molar refractivity (Wildman–Crippen MR) is 63.3 cm³/mol. The Kier molecular flexibility index (Phi) is 3.40. The first-order valence-electron chi connectivity index (χ1n) is 5.82. The van der Waals surface area contributed by atoms with Crippen molar-refractivity contribution in [3.8, 4) is 0 Å². The van der Waals surface area contributed by atoms with Crippen molar-refractivity contribution in [2.24, 2.45) is 5.73 Å². The van der Waals surface area contributed by atoms with Crippen molar-refractivity contribution in [1.82, 2.24) is 19.7 Å². The standard InChI is InChI=1S/C10H20N6/c1-3-16-9(8-11)12-13-10(16)15-6-4-14(2)5-7-15/h3-8,11H2,1-2H3. The van der Waals surface area contributed by atoms with Crippen molar-refractivity contribution in [1.29, 1.82) is 0 Å². The number of hydrogen-bond acceptors (Lipinski definition) is 5. The molecule has 2 heterocycles. The molecule has 6 nitrogen and oxygen atoms in total. The maximum atomic E-state index is 5.64. The summed E-state index contributed by atoms with van der Waals surface area (Å²) in [5.41, 5.74) is 5.64. The third-order valence-electron chi connectivity index (χ3n) is 3.09. The lowest BCUT2D eigenvalue weighted by atomic mass is 10.3. The van der Waals surface area contributed by atoms with Crippen LogP contribution in [0.4, 0.5) is 5.95 Å². The van der Waals surface area contributed by atoms with E-state index >= 15 is 0 Å². The maximum Gasteiger partial charge on any atom is 0.227 e. The van der Waals surface area contributed by atoms with E-state index < -0.39 is 0 Å². The molecular formula is C10H20N6. The topological polar surface area (TPSA) is 63.2 Å². The summed E-state index contributed by atoms with van der Waals surface area (Å²) in [7, 11) is 2.15. The van der Waals surface area contributed by atoms with E-state index in [1.54, 1.807) is 0 Å². The number of rotatable bonds is 3. The molecule has 1 saturated heterocycles. The normalized spacial score (nSPS) is 18.1. The molecule has 1 fully saturated rings. The fourth-order valence-electron chi connectivity index (χ4n) is 2.04. The molecule has 1 aliphatic heterocycles. The van der Waals surface area contributed by atoms with E-state index in [0.29, 0.717) is 6.54 Å². The minimum absolute atomic E-state index is 0.453. The van der Waals surface area contributed by atoms with Gasteiger partial charge in [0.15, 0.2) is 0 Å². The molecule has 16 heavy (non-hydrogen) atoms. The summed E-state index contributed by atoms with van der Waals surface area (Å²) >= 11 is 0. The monoisotopic (exact) mass is 224 g/mol. The van der Waals surface area contributed by atoms with Crippen LogP contribution in [0.5, 0.6) is 0 Å². The van der Waals surface area contributed by atoms with Crippen LogP contribution >= 0.6 is 0 Å². The van der Waals surface area contributed by atoms with Gasteiger partial charge >= 0.3 is 0 Å². The number of anilines is 1. The van der Waals surface area contributed by atoms with Gasteiger partial charge in [0.2, 0.25) is 5.95 Å². The molecule has 6 heteroatoms. The van der Waals surface area contributed by atoms with Crippen LogP contribution < -0.4 is 10.6 Å². The second-order valence-corrected chi connectivity index (χ2v) is 4.15. The summed E-state index contributed by atoms with van der Waals surface area (Å²) in [6, 6.07) is 0. The van der Waals surface area contributed by atoms with Gasteiger partial charge in [-0.1, -0.05) is 0 Å². The van der Waals surface area contributed by atoms with Crippen molar-refractivity contribution in [2.75, 3.05) is 38.1 Å². The predicted octanol–water partition coefficient (Wildman–Crippen LogP) is -0.491. The largest absolute Gasteiger partial charge is 0.338 e. The van der Waals surface area contributed by atoms with Crippen LogP contribution in [-0.2, 0) is 13.1 Å². The summed E-state index contributed by atoms with van der Waals surface area (Å²) in [6.07, 6.45) is 0. The lowest BCUT2D eigenvalue weighted by Crippen LogP contribution is -2.45. The molecule has 2 rings (SSSR count). The fraction of sp³-hybridized carbons (Fsp3) is 0.800. The van der Waals surface area contributed by atoms with E-state index in [-0.39, 0.29) is 0 Å². The van der Waals surface area contributed by atoms with Gasteiger partial charge in [-0.3, -0.25) is 4.57 Å². The smallest absolute Gasteiger partial charge is 0.227 e. The SMILES string of the molecule is CCn1c(CN)nnc1N1CCN(C)CC1. The van der Waals surface area contributed by atoms with Crippen LogP contribution in [0.25, 0.3) is 0 Å². The number of piperazine rings is 1. The number of nitrogens with zero attached hydrogens (tertiary/aromatic N) is 5. The molecule has 1 aromatic heterocycles. The molecule has 0 unspecified atom stereocenters. The summed E-state index contributed by atoms with van der Waals surface area (Å²) < 4.78 is 2.10. The highest BCUT2D eigenvalue weighted by Gasteiger charge is 2.20. The number of aromatic nitrogens is 3. The first-order chi connectivity index (χ1) is 7.76. The minimum atomic E-state index is 0.453. The van der Waals surface area contributed by atoms with Crippen molar-refractivity contribution < 1.29 is 0 Å². The average Bonchev–Trinajstić information content (AvgIpc) is 2.72. The lowest BCUT2D eigenvalue weighted by molar-refractivity contribution is 0.310. The molecule has 0 amide bonds. The van der Waals surface area contributed by atoms with Crippen LogP contribution in [0.2, 0.25) is 0 Å². The number of nitrogens with two attached hydrogens (primary N) is 1. The molecule has 1 aromatic rings. The van der Waals surface area contributed by atoms with E-state index in [1.807, 2.05) is 0 Å². The molecule has 0 aliphatic carbocycles. The highest BCUT2D eigenvalue weighted by atomic mass is 15.4. The minimum Gasteiger partial charge on any atom is -0.338 e. The van der Waals surface area contributed by atoms with E-state index in [4.69, 9.17) is 5.73 Å². The average molecular weight is 224 g/mol. The molecule has 0 saturated carbocycles. The third kappa shape index (κ3) is 2.03. The van der Waals surface area contributed by atoms with Gasteiger partial charge in [0.1, 0.15) is 5.82 Å². The van der Waals surface area contributed by atoms with Crippen molar-refractivity contribution in [3.63, 3.8) is 0 Å². The van der Waals surface area contributed by atoms with E-state index in [2.05, 4.69) is 38.5 Å². The van der Waals surface area contributed by atoms with Gasteiger partial charge in [-0.2, -0.15) is 0 Å². The Bertz CT molecular complexity index is 339. The van der Waals surface area contributed by atoms with Crippen LogP contribution in [0.3, 0.4) is 0 Å². The Morgan fingerprint density at radius 1 is 1.19 bits per heavy atom. The zero-order chi connectivity index (χ0) is 11.5. The van der Waals surface area contributed by atoms with Crippen molar-refractivity contribution >= 4 is 5.95 Å². The second kappa shape index (κ2) is 4.80. The van der Waals surface area contributed by atoms with Crippen LogP contribution in [-0.4, -0.2) is 52.9 Å². The van der Waals surface area contributed by atoms with E-state index in [0.717, 1.165) is 44.5 Å². The van der Waals surface area contributed by atoms with Crippen molar-refractivity contribution in [2.45, 2.75) is 20.0 Å². The van der Waals surface area contributed by atoms with Crippen molar-refractivity contribution in [3.05, 3.63) is 5.82 Å². The Balaban J connectivity index is 2.16. The van der Waals surface area contributed by atoms with Gasteiger partial charge in [-0.25, -0.2) is 0 Å². The zero-order valence-corrected chi connectivity index (χ0v) is 10.1. The quantitative estimate of drug-likeness (QED) is 0.750. The van der Waals surface area contributed by atoms with Crippen LogP contribution in [0, 0.1) is 0 Å². The van der Waals surface area contributed by atoms with Gasteiger partial charge in [0.25, 0.3) is 0 Å². The van der Waals surface area contributed by atoms with Crippen LogP contribution in [0.15, 0.2) is 0 Å². The Morgan fingerprint density at radius 2 is 1.88 bits per heavy atom. The molecule has 1 aliphatic rings. The van der Waals surface area contributed by atoms with Gasteiger partial charge < -0.3 is 15.5 Å². The highest BCUT2D eigenvalue weighted by Crippen LogP contribution is 2.15. The zero-order valence-electron chi connectivity index (χ0n) is 10.1. The summed E-state index contributed by atoms with van der Waals surface area (Å²) in [6.45, 7) is 7.61. The third-order valence-corrected chi connectivity index (χ3v) is 3.09. The van der Waals surface area contributed by atoms with Gasteiger partial charge in [-0.15, -0.1) is 10.2 Å². The van der Waals surface area contributed by atoms with E-state index in [1.165, 1.54) is 0 Å². The van der Waals surface area contributed by atoms with Gasteiger partial charge in [0.05, 0.1) is 6.54 Å². The van der Waals surface area contributed by atoms with Crippen LogP contribution in [0.1, 0.15) is 12.7 Å². The molecule has 0 aromatic carbocycles. The molecule has 0 bridgehead atoms. The number of hydrogen-bond donors (Lipinski definition) is 1. The fourth-order valence-corrected chi connectivity index (χ4v) is 2.04. The molecule has 0 atom stereocenters. The summed E-state index contributed by atoms with van der Waals surface area (Å²) in [4.78, 5) is 4.61.